The van der Waals surface area contributed by atoms with Gasteiger partial charge >= 0.3 is 0 Å². The highest BCUT2D eigenvalue weighted by molar-refractivity contribution is 5.76. The molecule has 0 aliphatic carbocycles. The molecule has 8 nitrogen and oxygen atoms in total. The Bertz CT molecular complexity index is 1190. The fourth-order valence-corrected chi connectivity index (χ4v) is 3.32. The molecule has 0 unspecified atom stereocenters. The molecule has 0 bridgehead atoms. The van der Waals surface area contributed by atoms with Crippen LogP contribution in [-0.2, 0) is 14.1 Å². The van der Waals surface area contributed by atoms with E-state index in [9.17, 15) is 5.11 Å². The first kappa shape index (κ1) is 20.7. The minimum Gasteiger partial charge on any atom is -0.390 e. The highest BCUT2D eigenvalue weighted by atomic mass is 16.3. The van der Waals surface area contributed by atoms with Crippen molar-refractivity contribution >= 4 is 5.82 Å². The molecule has 0 fully saturated rings. The SMILES string of the molecule is Cn1cc(-c2cccc(-c3ncc(-c4cnn(C)c4)c(NCCC(C)(C)O)n3)c2)cn1. The van der Waals surface area contributed by atoms with Gasteiger partial charge in [-0.1, -0.05) is 18.2 Å². The van der Waals surface area contributed by atoms with Gasteiger partial charge in [0.15, 0.2) is 5.82 Å². The van der Waals surface area contributed by atoms with Gasteiger partial charge in [-0.25, -0.2) is 9.97 Å². The molecule has 0 radical (unpaired) electrons. The quantitative estimate of drug-likeness (QED) is 0.478. The summed E-state index contributed by atoms with van der Waals surface area (Å²) >= 11 is 0. The lowest BCUT2D eigenvalue weighted by Crippen LogP contribution is -2.23. The normalized spacial score (nSPS) is 11.6. The van der Waals surface area contributed by atoms with Crippen LogP contribution in [0.5, 0.6) is 0 Å². The zero-order valence-corrected chi connectivity index (χ0v) is 18.2. The van der Waals surface area contributed by atoms with Gasteiger partial charge in [0.05, 0.1) is 18.0 Å². The first-order valence-electron chi connectivity index (χ1n) is 10.2. The molecule has 160 valence electrons. The molecule has 0 aliphatic heterocycles. The van der Waals surface area contributed by atoms with E-state index in [1.807, 2.05) is 57.1 Å². The lowest BCUT2D eigenvalue weighted by molar-refractivity contribution is 0.0748. The minimum absolute atomic E-state index is 0.586. The van der Waals surface area contributed by atoms with Crippen LogP contribution in [-0.4, -0.2) is 46.8 Å². The Morgan fingerprint density at radius 2 is 1.61 bits per heavy atom. The molecule has 0 aliphatic rings. The van der Waals surface area contributed by atoms with Gasteiger partial charge in [0.25, 0.3) is 0 Å². The van der Waals surface area contributed by atoms with E-state index >= 15 is 0 Å². The fourth-order valence-electron chi connectivity index (χ4n) is 3.32. The Morgan fingerprint density at radius 1 is 0.935 bits per heavy atom. The number of hydrogen-bond donors (Lipinski definition) is 2. The predicted octanol–water partition coefficient (Wildman–Crippen LogP) is 3.52. The summed E-state index contributed by atoms with van der Waals surface area (Å²) in [5.41, 5.74) is 4.07. The number of aromatic nitrogens is 6. The lowest BCUT2D eigenvalue weighted by atomic mass is 10.1. The van der Waals surface area contributed by atoms with Crippen LogP contribution in [0.15, 0.2) is 55.2 Å². The second kappa shape index (κ2) is 8.31. The van der Waals surface area contributed by atoms with Crippen molar-refractivity contribution in [2.75, 3.05) is 11.9 Å². The van der Waals surface area contributed by atoms with Gasteiger partial charge in [-0.15, -0.1) is 0 Å². The highest BCUT2D eigenvalue weighted by Crippen LogP contribution is 2.29. The van der Waals surface area contributed by atoms with Gasteiger partial charge in [-0.3, -0.25) is 9.36 Å². The first-order valence-corrected chi connectivity index (χ1v) is 10.2. The maximum Gasteiger partial charge on any atom is 0.161 e. The molecule has 4 rings (SSSR count). The van der Waals surface area contributed by atoms with E-state index in [0.717, 1.165) is 27.8 Å². The van der Waals surface area contributed by atoms with E-state index in [0.29, 0.717) is 24.6 Å². The number of aryl methyl sites for hydroxylation is 2. The Balaban J connectivity index is 1.69. The van der Waals surface area contributed by atoms with Crippen LogP contribution in [0.2, 0.25) is 0 Å². The Labute approximate surface area is 181 Å². The van der Waals surface area contributed by atoms with Crippen molar-refractivity contribution in [1.29, 1.82) is 0 Å². The van der Waals surface area contributed by atoms with Crippen LogP contribution in [0.25, 0.3) is 33.6 Å². The van der Waals surface area contributed by atoms with Crippen LogP contribution in [0, 0.1) is 0 Å². The molecule has 3 heterocycles. The Kier molecular flexibility index (Phi) is 5.56. The molecule has 4 aromatic rings. The van der Waals surface area contributed by atoms with Crippen LogP contribution in [0.4, 0.5) is 5.82 Å². The van der Waals surface area contributed by atoms with Crippen molar-refractivity contribution in [1.82, 2.24) is 29.5 Å². The van der Waals surface area contributed by atoms with Gasteiger partial charge in [0.2, 0.25) is 0 Å². The van der Waals surface area contributed by atoms with E-state index in [4.69, 9.17) is 4.98 Å². The monoisotopic (exact) mass is 417 g/mol. The lowest BCUT2D eigenvalue weighted by Gasteiger charge is -2.18. The first-order chi connectivity index (χ1) is 14.8. The molecule has 1 aromatic carbocycles. The maximum absolute atomic E-state index is 10.1. The van der Waals surface area contributed by atoms with E-state index in [1.165, 1.54) is 0 Å². The zero-order valence-electron chi connectivity index (χ0n) is 18.2. The molecule has 2 N–H and O–H groups in total. The van der Waals surface area contributed by atoms with Crippen molar-refractivity contribution in [2.45, 2.75) is 25.9 Å². The van der Waals surface area contributed by atoms with Gasteiger partial charge < -0.3 is 10.4 Å². The molecule has 0 saturated carbocycles. The summed E-state index contributed by atoms with van der Waals surface area (Å²) in [7, 11) is 3.78. The van der Waals surface area contributed by atoms with Gasteiger partial charge in [0, 0.05) is 61.5 Å². The summed E-state index contributed by atoms with van der Waals surface area (Å²) in [5, 5.41) is 22.0. The molecule has 31 heavy (non-hydrogen) atoms. The molecule has 0 spiro atoms. The van der Waals surface area contributed by atoms with Crippen LogP contribution < -0.4 is 5.32 Å². The number of anilines is 1. The van der Waals surface area contributed by atoms with Crippen molar-refractivity contribution < 1.29 is 5.11 Å². The predicted molar refractivity (Wildman–Crippen MR) is 121 cm³/mol. The van der Waals surface area contributed by atoms with Crippen molar-refractivity contribution in [3.63, 3.8) is 0 Å². The average Bonchev–Trinajstić information content (AvgIpc) is 3.35. The summed E-state index contributed by atoms with van der Waals surface area (Å²) in [6.07, 6.45) is 9.97. The zero-order chi connectivity index (χ0) is 22.0. The second-order valence-corrected chi connectivity index (χ2v) is 8.33. The van der Waals surface area contributed by atoms with Crippen LogP contribution >= 0.6 is 0 Å². The molecular formula is C23H27N7O. The summed E-state index contributed by atoms with van der Waals surface area (Å²) < 4.78 is 3.53. The Hall–Kier alpha value is -3.52. The minimum atomic E-state index is -0.755. The molecule has 0 saturated heterocycles. The fraction of sp³-hybridized carbons (Fsp3) is 0.304. The van der Waals surface area contributed by atoms with Gasteiger partial charge in [0.1, 0.15) is 5.82 Å². The van der Waals surface area contributed by atoms with Crippen molar-refractivity contribution in [3.05, 3.63) is 55.2 Å². The molecule has 3 aromatic heterocycles. The third-order valence-electron chi connectivity index (χ3n) is 4.99. The van der Waals surface area contributed by atoms with Crippen molar-refractivity contribution in [3.8, 4) is 33.6 Å². The van der Waals surface area contributed by atoms with Gasteiger partial charge in [-0.05, 0) is 31.9 Å². The third kappa shape index (κ3) is 4.97. The highest BCUT2D eigenvalue weighted by Gasteiger charge is 2.15. The van der Waals surface area contributed by atoms with E-state index in [-0.39, 0.29) is 0 Å². The summed E-state index contributed by atoms with van der Waals surface area (Å²) in [4.78, 5) is 9.46. The van der Waals surface area contributed by atoms with E-state index in [2.05, 4.69) is 26.6 Å². The topological polar surface area (TPSA) is 93.7 Å². The maximum atomic E-state index is 10.1. The molecule has 0 amide bonds. The number of aliphatic hydroxyl groups is 1. The largest absolute Gasteiger partial charge is 0.390 e. The number of nitrogens with zero attached hydrogens (tertiary/aromatic N) is 6. The summed E-state index contributed by atoms with van der Waals surface area (Å²) in [6, 6.07) is 8.11. The number of rotatable bonds is 7. The van der Waals surface area contributed by atoms with E-state index < -0.39 is 5.60 Å². The Morgan fingerprint density at radius 3 is 2.26 bits per heavy atom. The van der Waals surface area contributed by atoms with E-state index in [1.54, 1.807) is 29.4 Å². The molecular weight excluding hydrogens is 390 g/mol. The number of benzene rings is 1. The van der Waals surface area contributed by atoms with Gasteiger partial charge in [-0.2, -0.15) is 10.2 Å². The standard InChI is InChI=1S/C23H27N7O/c1-23(2,31)8-9-24-22-20(19-12-27-30(4)15-19)13-25-21(28-22)17-7-5-6-16(10-17)18-11-26-29(3)14-18/h5-7,10-15,31H,8-9H2,1-4H3,(H,24,25,28). The van der Waals surface area contributed by atoms with Crippen LogP contribution in [0.1, 0.15) is 20.3 Å². The smallest absolute Gasteiger partial charge is 0.161 e. The van der Waals surface area contributed by atoms with Crippen molar-refractivity contribution in [2.24, 2.45) is 14.1 Å². The second-order valence-electron chi connectivity index (χ2n) is 8.33. The molecule has 8 heteroatoms. The number of nitrogens with one attached hydrogen (secondary N) is 1. The average molecular weight is 418 g/mol. The molecule has 0 atom stereocenters. The summed E-state index contributed by atoms with van der Waals surface area (Å²) in [5.74, 6) is 1.35. The summed E-state index contributed by atoms with van der Waals surface area (Å²) in [6.45, 7) is 4.18. The third-order valence-corrected chi connectivity index (χ3v) is 4.99. The number of hydrogen-bond acceptors (Lipinski definition) is 6. The van der Waals surface area contributed by atoms with Crippen LogP contribution in [0.3, 0.4) is 0 Å².